The number of hydrogen-bond acceptors (Lipinski definition) is 6. The molecule has 2 aliphatic heterocycles. The SMILES string of the molecule is C=CCOc1ccc(C2/C(=C(/O)c3ccc(F)cc3)C(=O)C(=O)N2CCN2CCOCC2)cc1. The second-order valence-electron chi connectivity index (χ2n) is 8.12. The Morgan fingerprint density at radius 1 is 1.09 bits per heavy atom. The third-order valence-corrected chi connectivity index (χ3v) is 5.98. The van der Waals surface area contributed by atoms with Crippen LogP contribution in [0.3, 0.4) is 0 Å². The van der Waals surface area contributed by atoms with Gasteiger partial charge in [0.25, 0.3) is 11.7 Å². The van der Waals surface area contributed by atoms with Gasteiger partial charge in [-0.25, -0.2) is 4.39 Å². The van der Waals surface area contributed by atoms with E-state index < -0.39 is 23.5 Å². The van der Waals surface area contributed by atoms with Gasteiger partial charge < -0.3 is 19.5 Å². The Morgan fingerprint density at radius 3 is 2.41 bits per heavy atom. The fourth-order valence-corrected chi connectivity index (χ4v) is 4.20. The average molecular weight is 467 g/mol. The van der Waals surface area contributed by atoms with Crippen LogP contribution in [-0.4, -0.2) is 72.6 Å². The molecule has 0 aromatic heterocycles. The molecule has 2 aliphatic rings. The first-order chi connectivity index (χ1) is 16.5. The molecule has 2 fully saturated rings. The number of ether oxygens (including phenoxy) is 2. The van der Waals surface area contributed by atoms with Gasteiger partial charge in [-0.3, -0.25) is 14.5 Å². The van der Waals surface area contributed by atoms with Crippen molar-refractivity contribution in [1.82, 2.24) is 9.80 Å². The number of aliphatic hydroxyl groups is 1. The van der Waals surface area contributed by atoms with Crippen molar-refractivity contribution in [3.05, 3.63) is 83.7 Å². The molecule has 2 saturated heterocycles. The van der Waals surface area contributed by atoms with E-state index >= 15 is 0 Å². The lowest BCUT2D eigenvalue weighted by atomic mass is 9.95. The van der Waals surface area contributed by atoms with Gasteiger partial charge in [0.2, 0.25) is 0 Å². The molecule has 8 heteroatoms. The van der Waals surface area contributed by atoms with Crippen LogP contribution < -0.4 is 4.74 Å². The highest BCUT2D eigenvalue weighted by Gasteiger charge is 2.46. The Labute approximate surface area is 197 Å². The summed E-state index contributed by atoms with van der Waals surface area (Å²) in [5, 5.41) is 11.0. The third-order valence-electron chi connectivity index (χ3n) is 5.98. The molecular formula is C26H27FN2O5. The van der Waals surface area contributed by atoms with Crippen LogP contribution in [0.4, 0.5) is 4.39 Å². The molecular weight excluding hydrogens is 439 g/mol. The summed E-state index contributed by atoms with van der Waals surface area (Å²) in [4.78, 5) is 29.8. The van der Waals surface area contributed by atoms with Crippen molar-refractivity contribution in [1.29, 1.82) is 0 Å². The lowest BCUT2D eigenvalue weighted by Crippen LogP contribution is -2.42. The Balaban J connectivity index is 1.70. The molecule has 7 nitrogen and oxygen atoms in total. The summed E-state index contributed by atoms with van der Waals surface area (Å²) in [5.74, 6) is -1.61. The van der Waals surface area contributed by atoms with E-state index in [0.29, 0.717) is 44.2 Å². The minimum atomic E-state index is -0.778. The van der Waals surface area contributed by atoms with Gasteiger partial charge >= 0.3 is 0 Å². The number of carbonyl (C=O) groups is 2. The number of ketones is 1. The van der Waals surface area contributed by atoms with Crippen LogP contribution >= 0.6 is 0 Å². The number of morpholine rings is 1. The molecule has 2 aromatic rings. The van der Waals surface area contributed by atoms with E-state index in [1.807, 2.05) is 0 Å². The minimum absolute atomic E-state index is 0.0154. The summed E-state index contributed by atoms with van der Waals surface area (Å²) in [6.07, 6.45) is 1.64. The van der Waals surface area contributed by atoms with Gasteiger partial charge in [0.15, 0.2) is 0 Å². The summed E-state index contributed by atoms with van der Waals surface area (Å²) < 4.78 is 24.3. The van der Waals surface area contributed by atoms with Crippen LogP contribution in [-0.2, 0) is 14.3 Å². The Morgan fingerprint density at radius 2 is 1.76 bits per heavy atom. The molecule has 178 valence electrons. The van der Waals surface area contributed by atoms with E-state index in [2.05, 4.69) is 11.5 Å². The predicted molar refractivity (Wildman–Crippen MR) is 125 cm³/mol. The standard InChI is InChI=1S/C26H27FN2O5/c1-2-15-34-21-9-5-18(6-10-21)23-22(24(30)19-3-7-20(27)8-4-19)25(31)26(32)29(23)12-11-28-13-16-33-17-14-28/h2-10,23,30H,1,11-17H2/b24-22-. The molecule has 0 aliphatic carbocycles. The van der Waals surface area contributed by atoms with Crippen molar-refractivity contribution in [2.75, 3.05) is 46.0 Å². The maximum atomic E-state index is 13.4. The molecule has 1 N–H and O–H groups in total. The number of benzene rings is 2. The molecule has 1 amide bonds. The Bertz CT molecular complexity index is 1080. The normalized spacial score (nSPS) is 20.5. The summed E-state index contributed by atoms with van der Waals surface area (Å²) in [5.41, 5.74) is 0.914. The first-order valence-electron chi connectivity index (χ1n) is 11.2. The van der Waals surface area contributed by atoms with E-state index in [-0.39, 0.29) is 16.9 Å². The predicted octanol–water partition coefficient (Wildman–Crippen LogP) is 3.14. The molecule has 1 atom stereocenters. The topological polar surface area (TPSA) is 79.3 Å². The first-order valence-corrected chi connectivity index (χ1v) is 11.2. The summed E-state index contributed by atoms with van der Waals surface area (Å²) in [6, 6.07) is 11.4. The maximum absolute atomic E-state index is 13.4. The van der Waals surface area contributed by atoms with Crippen LogP contribution in [0.15, 0.2) is 66.8 Å². The molecule has 34 heavy (non-hydrogen) atoms. The van der Waals surface area contributed by atoms with Crippen molar-refractivity contribution in [3.63, 3.8) is 0 Å². The van der Waals surface area contributed by atoms with Gasteiger partial charge in [-0.1, -0.05) is 24.8 Å². The van der Waals surface area contributed by atoms with E-state index in [1.165, 1.54) is 29.2 Å². The smallest absolute Gasteiger partial charge is 0.295 e. The van der Waals surface area contributed by atoms with Gasteiger partial charge in [0, 0.05) is 31.7 Å². The zero-order valence-electron chi connectivity index (χ0n) is 18.8. The molecule has 0 radical (unpaired) electrons. The van der Waals surface area contributed by atoms with Crippen LogP contribution in [0.1, 0.15) is 17.2 Å². The lowest BCUT2D eigenvalue weighted by molar-refractivity contribution is -0.140. The summed E-state index contributed by atoms with van der Waals surface area (Å²) in [6.45, 7) is 7.61. The Kier molecular flexibility index (Phi) is 7.40. The first kappa shape index (κ1) is 23.7. The lowest BCUT2D eigenvalue weighted by Gasteiger charge is -2.31. The molecule has 0 spiro atoms. The fraction of sp³-hybridized carbons (Fsp3) is 0.308. The van der Waals surface area contributed by atoms with Crippen LogP contribution in [0.5, 0.6) is 5.75 Å². The van der Waals surface area contributed by atoms with Gasteiger partial charge in [-0.05, 0) is 42.0 Å². The van der Waals surface area contributed by atoms with Gasteiger partial charge in [0.1, 0.15) is 23.9 Å². The van der Waals surface area contributed by atoms with Crippen LogP contribution in [0.25, 0.3) is 5.76 Å². The number of amides is 1. The zero-order valence-corrected chi connectivity index (χ0v) is 18.8. The van der Waals surface area contributed by atoms with Crippen molar-refractivity contribution in [2.24, 2.45) is 0 Å². The van der Waals surface area contributed by atoms with E-state index in [0.717, 1.165) is 13.1 Å². The van der Waals surface area contributed by atoms with Gasteiger partial charge in [-0.15, -0.1) is 0 Å². The summed E-state index contributed by atoms with van der Waals surface area (Å²) >= 11 is 0. The number of rotatable bonds is 8. The number of likely N-dealkylation sites (tertiary alicyclic amines) is 1. The highest BCUT2D eigenvalue weighted by Crippen LogP contribution is 2.39. The quantitative estimate of drug-likeness (QED) is 0.279. The molecule has 0 bridgehead atoms. The summed E-state index contributed by atoms with van der Waals surface area (Å²) in [7, 11) is 0. The second-order valence-corrected chi connectivity index (χ2v) is 8.12. The van der Waals surface area contributed by atoms with Crippen molar-refractivity contribution >= 4 is 17.4 Å². The highest BCUT2D eigenvalue weighted by molar-refractivity contribution is 6.46. The molecule has 1 unspecified atom stereocenters. The van der Waals surface area contributed by atoms with E-state index in [1.54, 1.807) is 30.3 Å². The number of carbonyl (C=O) groups excluding carboxylic acids is 2. The van der Waals surface area contributed by atoms with Crippen LogP contribution in [0.2, 0.25) is 0 Å². The largest absolute Gasteiger partial charge is 0.507 e. The highest BCUT2D eigenvalue weighted by atomic mass is 19.1. The Hall–Kier alpha value is -3.49. The number of halogens is 1. The van der Waals surface area contributed by atoms with Crippen molar-refractivity contribution in [3.8, 4) is 5.75 Å². The maximum Gasteiger partial charge on any atom is 0.295 e. The molecule has 4 rings (SSSR count). The third kappa shape index (κ3) is 5.03. The zero-order chi connectivity index (χ0) is 24.1. The molecule has 2 heterocycles. The number of aliphatic hydroxyl groups excluding tert-OH is 1. The van der Waals surface area contributed by atoms with Crippen LogP contribution in [0, 0.1) is 5.82 Å². The second kappa shape index (κ2) is 10.6. The van der Waals surface area contributed by atoms with Crippen molar-refractivity contribution in [2.45, 2.75) is 6.04 Å². The fourth-order valence-electron chi connectivity index (χ4n) is 4.20. The number of nitrogens with zero attached hydrogens (tertiary/aromatic N) is 2. The molecule has 2 aromatic carbocycles. The van der Waals surface area contributed by atoms with Gasteiger partial charge in [0.05, 0.1) is 24.8 Å². The monoisotopic (exact) mass is 466 g/mol. The van der Waals surface area contributed by atoms with Gasteiger partial charge in [-0.2, -0.15) is 0 Å². The van der Waals surface area contributed by atoms with E-state index in [9.17, 15) is 19.1 Å². The minimum Gasteiger partial charge on any atom is -0.507 e. The molecule has 0 saturated carbocycles. The van der Waals surface area contributed by atoms with Crippen molar-refractivity contribution < 1.29 is 28.6 Å². The number of hydrogen-bond donors (Lipinski definition) is 1. The van der Waals surface area contributed by atoms with E-state index in [4.69, 9.17) is 9.47 Å². The number of Topliss-reactive ketones (excluding diaryl/α,β-unsaturated/α-hetero) is 1. The average Bonchev–Trinajstić information content (AvgIpc) is 3.12.